The highest BCUT2D eigenvalue weighted by molar-refractivity contribution is 5.82. The Labute approximate surface area is 138 Å². The third-order valence-corrected chi connectivity index (χ3v) is 3.67. The van der Waals surface area contributed by atoms with Crippen molar-refractivity contribution in [1.29, 1.82) is 0 Å². The van der Waals surface area contributed by atoms with Crippen LogP contribution in [-0.2, 0) is 0 Å². The van der Waals surface area contributed by atoms with Gasteiger partial charge in [0.05, 0.1) is 14.2 Å². The second-order valence-corrected chi connectivity index (χ2v) is 5.33. The first kappa shape index (κ1) is 16.7. The second-order valence-electron chi connectivity index (χ2n) is 5.33. The summed E-state index contributed by atoms with van der Waals surface area (Å²) in [5.41, 5.74) is 4.44. The van der Waals surface area contributed by atoms with E-state index < -0.39 is 0 Å². The average Bonchev–Trinajstić information content (AvgIpc) is 2.59. The SMILES string of the molecule is C=C/C=C(/c1ccc(N(C)C)cc1)c1ccc(OC)c(OC)c1. The molecule has 0 saturated carbocycles. The van der Waals surface area contributed by atoms with Crippen LogP contribution >= 0.6 is 0 Å². The lowest BCUT2D eigenvalue weighted by molar-refractivity contribution is 0.355. The summed E-state index contributed by atoms with van der Waals surface area (Å²) in [7, 11) is 7.34. The summed E-state index contributed by atoms with van der Waals surface area (Å²) in [6.45, 7) is 3.83. The van der Waals surface area contributed by atoms with Gasteiger partial charge in [0.25, 0.3) is 0 Å². The molecular formula is C20H23NO2. The molecule has 0 spiro atoms. The highest BCUT2D eigenvalue weighted by atomic mass is 16.5. The van der Waals surface area contributed by atoms with Gasteiger partial charge in [0.2, 0.25) is 0 Å². The molecule has 0 unspecified atom stereocenters. The highest BCUT2D eigenvalue weighted by Crippen LogP contribution is 2.33. The molecule has 0 saturated heterocycles. The summed E-state index contributed by atoms with van der Waals surface area (Å²) in [6, 6.07) is 14.4. The Balaban J connectivity index is 2.46. The van der Waals surface area contributed by atoms with Crippen molar-refractivity contribution >= 4 is 11.3 Å². The Bertz CT molecular complexity index is 700. The zero-order chi connectivity index (χ0) is 16.8. The van der Waals surface area contributed by atoms with Crippen molar-refractivity contribution in [3.63, 3.8) is 0 Å². The molecule has 2 aromatic rings. The molecule has 0 bridgehead atoms. The molecule has 0 aliphatic carbocycles. The van der Waals surface area contributed by atoms with Gasteiger partial charge in [-0.3, -0.25) is 0 Å². The van der Waals surface area contributed by atoms with E-state index in [-0.39, 0.29) is 0 Å². The summed E-state index contributed by atoms with van der Waals surface area (Å²) in [6.07, 6.45) is 3.80. The van der Waals surface area contributed by atoms with Crippen LogP contribution < -0.4 is 14.4 Å². The van der Waals surface area contributed by atoms with Gasteiger partial charge in [-0.2, -0.15) is 0 Å². The summed E-state index contributed by atoms with van der Waals surface area (Å²) in [5, 5.41) is 0. The summed E-state index contributed by atoms with van der Waals surface area (Å²) in [5.74, 6) is 1.43. The van der Waals surface area contributed by atoms with Crippen LogP contribution in [0.15, 0.2) is 61.2 Å². The summed E-state index contributed by atoms with van der Waals surface area (Å²) >= 11 is 0. The van der Waals surface area contributed by atoms with E-state index in [2.05, 4.69) is 35.7 Å². The quantitative estimate of drug-likeness (QED) is 0.739. The van der Waals surface area contributed by atoms with E-state index in [0.717, 1.165) is 22.4 Å². The van der Waals surface area contributed by atoms with Gasteiger partial charge in [0.15, 0.2) is 11.5 Å². The monoisotopic (exact) mass is 309 g/mol. The van der Waals surface area contributed by atoms with Crippen LogP contribution in [-0.4, -0.2) is 28.3 Å². The first-order chi connectivity index (χ1) is 11.1. The topological polar surface area (TPSA) is 21.7 Å². The molecule has 0 radical (unpaired) electrons. The van der Waals surface area contributed by atoms with E-state index in [1.165, 1.54) is 5.69 Å². The molecule has 0 aliphatic rings. The Kier molecular flexibility index (Phi) is 5.47. The molecule has 0 amide bonds. The number of hydrogen-bond donors (Lipinski definition) is 0. The smallest absolute Gasteiger partial charge is 0.161 e. The lowest BCUT2D eigenvalue weighted by Crippen LogP contribution is -2.08. The van der Waals surface area contributed by atoms with Gasteiger partial charge in [-0.1, -0.05) is 36.9 Å². The molecular weight excluding hydrogens is 286 g/mol. The predicted molar refractivity (Wildman–Crippen MR) is 97.6 cm³/mol. The number of nitrogens with zero attached hydrogens (tertiary/aromatic N) is 1. The van der Waals surface area contributed by atoms with Gasteiger partial charge >= 0.3 is 0 Å². The van der Waals surface area contributed by atoms with Crippen LogP contribution in [0.2, 0.25) is 0 Å². The molecule has 0 atom stereocenters. The van der Waals surface area contributed by atoms with E-state index >= 15 is 0 Å². The summed E-state index contributed by atoms with van der Waals surface area (Å²) < 4.78 is 10.7. The van der Waals surface area contributed by atoms with Crippen molar-refractivity contribution in [2.75, 3.05) is 33.2 Å². The van der Waals surface area contributed by atoms with Gasteiger partial charge in [-0.25, -0.2) is 0 Å². The van der Waals surface area contributed by atoms with E-state index in [1.807, 2.05) is 38.4 Å². The second kappa shape index (κ2) is 7.54. The molecule has 2 aromatic carbocycles. The largest absolute Gasteiger partial charge is 0.493 e. The van der Waals surface area contributed by atoms with Crippen LogP contribution in [0, 0.1) is 0 Å². The predicted octanol–water partition coefficient (Wildman–Crippen LogP) is 4.39. The number of allylic oxidation sites excluding steroid dienone is 2. The maximum absolute atomic E-state index is 5.41. The third-order valence-electron chi connectivity index (χ3n) is 3.67. The maximum atomic E-state index is 5.41. The van der Waals surface area contributed by atoms with Crippen LogP contribution in [0.3, 0.4) is 0 Å². The number of hydrogen-bond acceptors (Lipinski definition) is 3. The first-order valence-corrected chi connectivity index (χ1v) is 7.43. The zero-order valence-corrected chi connectivity index (χ0v) is 14.2. The fourth-order valence-electron chi connectivity index (χ4n) is 2.42. The lowest BCUT2D eigenvalue weighted by atomic mass is 9.96. The molecule has 3 nitrogen and oxygen atoms in total. The van der Waals surface area contributed by atoms with Crippen molar-refractivity contribution in [1.82, 2.24) is 0 Å². The minimum absolute atomic E-state index is 0.713. The van der Waals surface area contributed by atoms with Crippen LogP contribution in [0.25, 0.3) is 5.57 Å². The van der Waals surface area contributed by atoms with E-state index in [0.29, 0.717) is 5.75 Å². The standard InChI is InChI=1S/C20H23NO2/c1-6-7-18(15-8-11-17(12-9-15)21(2)3)16-10-13-19(22-4)20(14-16)23-5/h6-14H,1H2,2-5H3/b18-7-. The molecule has 0 aliphatic heterocycles. The number of methoxy groups -OCH3 is 2. The van der Waals surface area contributed by atoms with Crippen LogP contribution in [0.1, 0.15) is 11.1 Å². The van der Waals surface area contributed by atoms with Gasteiger partial charge in [0, 0.05) is 19.8 Å². The van der Waals surface area contributed by atoms with Crippen LogP contribution in [0.4, 0.5) is 5.69 Å². The maximum Gasteiger partial charge on any atom is 0.161 e. The van der Waals surface area contributed by atoms with E-state index in [4.69, 9.17) is 9.47 Å². The van der Waals surface area contributed by atoms with Crippen molar-refractivity contribution in [3.8, 4) is 11.5 Å². The molecule has 0 aromatic heterocycles. The van der Waals surface area contributed by atoms with Gasteiger partial charge in [0.1, 0.15) is 0 Å². The lowest BCUT2D eigenvalue weighted by Gasteiger charge is -2.15. The number of benzene rings is 2. The molecule has 0 N–H and O–H groups in total. The Morgan fingerprint density at radius 2 is 1.52 bits per heavy atom. The molecule has 0 heterocycles. The van der Waals surface area contributed by atoms with E-state index in [1.54, 1.807) is 20.3 Å². The van der Waals surface area contributed by atoms with Crippen molar-refractivity contribution in [2.24, 2.45) is 0 Å². The minimum Gasteiger partial charge on any atom is -0.493 e. The molecule has 23 heavy (non-hydrogen) atoms. The number of anilines is 1. The fourth-order valence-corrected chi connectivity index (χ4v) is 2.42. The van der Waals surface area contributed by atoms with Crippen molar-refractivity contribution in [3.05, 3.63) is 72.3 Å². The number of ether oxygens (including phenoxy) is 2. The number of rotatable bonds is 6. The molecule has 0 fully saturated rings. The van der Waals surface area contributed by atoms with Gasteiger partial charge in [-0.15, -0.1) is 0 Å². The molecule has 2 rings (SSSR count). The molecule has 3 heteroatoms. The fraction of sp³-hybridized carbons (Fsp3) is 0.200. The van der Waals surface area contributed by atoms with Gasteiger partial charge < -0.3 is 14.4 Å². The van der Waals surface area contributed by atoms with Gasteiger partial charge in [-0.05, 0) is 41.0 Å². The minimum atomic E-state index is 0.713. The Morgan fingerprint density at radius 1 is 0.913 bits per heavy atom. The van der Waals surface area contributed by atoms with E-state index in [9.17, 15) is 0 Å². The first-order valence-electron chi connectivity index (χ1n) is 7.43. The summed E-state index contributed by atoms with van der Waals surface area (Å²) in [4.78, 5) is 2.08. The zero-order valence-electron chi connectivity index (χ0n) is 14.2. The highest BCUT2D eigenvalue weighted by Gasteiger charge is 2.10. The normalized spacial score (nSPS) is 11.0. The van der Waals surface area contributed by atoms with Crippen molar-refractivity contribution < 1.29 is 9.47 Å². The Hall–Kier alpha value is -2.68. The third kappa shape index (κ3) is 3.75. The van der Waals surface area contributed by atoms with Crippen molar-refractivity contribution in [2.45, 2.75) is 0 Å². The Morgan fingerprint density at radius 3 is 2.04 bits per heavy atom. The van der Waals surface area contributed by atoms with Crippen LogP contribution in [0.5, 0.6) is 11.5 Å². The average molecular weight is 309 g/mol. The molecule has 120 valence electrons.